The van der Waals surface area contributed by atoms with E-state index in [0.717, 1.165) is 37.3 Å². The monoisotopic (exact) mass is 468 g/mol. The Kier molecular flexibility index (Phi) is 6.26. The molecule has 9 heteroatoms. The van der Waals surface area contributed by atoms with Crippen LogP contribution in [0.5, 0.6) is 0 Å². The lowest BCUT2D eigenvalue weighted by atomic mass is 9.98. The fourth-order valence-corrected chi connectivity index (χ4v) is 5.54. The van der Waals surface area contributed by atoms with Gasteiger partial charge in [0.25, 0.3) is 11.5 Å². The van der Waals surface area contributed by atoms with Gasteiger partial charge in [-0.25, -0.2) is 0 Å². The van der Waals surface area contributed by atoms with Gasteiger partial charge in [0.15, 0.2) is 0 Å². The third-order valence-corrected chi connectivity index (χ3v) is 7.35. The molecule has 2 aliphatic rings. The molecule has 7 nitrogen and oxygen atoms in total. The number of piperidine rings is 1. The first kappa shape index (κ1) is 22.4. The molecule has 2 aliphatic heterocycles. The Bertz CT molecular complexity index is 1210. The van der Waals surface area contributed by atoms with Gasteiger partial charge in [0.2, 0.25) is 0 Å². The second kappa shape index (κ2) is 8.96. The highest BCUT2D eigenvalue weighted by atomic mass is 32.2. The molecule has 0 radical (unpaired) electrons. The Labute approximate surface area is 196 Å². The number of amides is 1. The topological polar surface area (TPSA) is 82.5 Å². The van der Waals surface area contributed by atoms with E-state index in [0.29, 0.717) is 26.5 Å². The first-order valence-electron chi connectivity index (χ1n) is 10.5. The molecule has 0 bridgehead atoms. The second-order valence-electron chi connectivity index (χ2n) is 8.25. The summed E-state index contributed by atoms with van der Waals surface area (Å²) in [5.74, 6) is 1.68. The molecular weight excluding hydrogens is 444 g/mol. The van der Waals surface area contributed by atoms with Crippen molar-refractivity contribution in [3.05, 3.63) is 56.1 Å². The fourth-order valence-electron chi connectivity index (χ4n) is 4.30. The third kappa shape index (κ3) is 4.00. The molecule has 4 rings (SSSR count). The van der Waals surface area contributed by atoms with Gasteiger partial charge in [-0.15, -0.1) is 0 Å². The first-order chi connectivity index (χ1) is 15.3. The highest BCUT2D eigenvalue weighted by Gasteiger charge is 2.34. The zero-order valence-corrected chi connectivity index (χ0v) is 19.9. The maximum atomic E-state index is 13.2. The maximum absolute atomic E-state index is 13.2. The number of carbonyl (C=O) groups is 1. The summed E-state index contributed by atoms with van der Waals surface area (Å²) in [7, 11) is 1.69. The smallest absolute Gasteiger partial charge is 0.270 e. The molecule has 2 fully saturated rings. The van der Waals surface area contributed by atoms with E-state index in [1.165, 1.54) is 16.7 Å². The second-order valence-corrected chi connectivity index (χ2v) is 9.93. The molecule has 0 N–H and O–H groups in total. The van der Waals surface area contributed by atoms with Crippen molar-refractivity contribution in [1.29, 1.82) is 5.26 Å². The van der Waals surface area contributed by atoms with Gasteiger partial charge in [0.05, 0.1) is 17.7 Å². The highest BCUT2D eigenvalue weighted by Crippen LogP contribution is 2.37. The van der Waals surface area contributed by atoms with Crippen LogP contribution in [0.1, 0.15) is 42.2 Å². The normalized spacial score (nSPS) is 20.3. The molecule has 1 atom stereocenters. The molecule has 0 aliphatic carbocycles. The molecule has 4 heterocycles. The minimum absolute atomic E-state index is 0.0959. The number of rotatable bonds is 4. The Morgan fingerprint density at radius 3 is 2.84 bits per heavy atom. The number of hydrogen-bond acceptors (Lipinski definition) is 7. The van der Waals surface area contributed by atoms with Crippen LogP contribution in [-0.2, 0) is 18.4 Å². The van der Waals surface area contributed by atoms with Gasteiger partial charge < -0.3 is 9.32 Å². The average molecular weight is 469 g/mol. The summed E-state index contributed by atoms with van der Waals surface area (Å²) in [6.07, 6.45) is 5.51. The number of nitriles is 1. The van der Waals surface area contributed by atoms with Gasteiger partial charge in [0.1, 0.15) is 27.5 Å². The number of nitrogens with zero attached hydrogens (tertiary/aromatic N) is 4. The van der Waals surface area contributed by atoms with Gasteiger partial charge in [-0.3, -0.25) is 19.1 Å². The predicted octanol–water partition coefficient (Wildman–Crippen LogP) is 3.80. The lowest BCUT2D eigenvalue weighted by molar-refractivity contribution is -0.122. The SMILES string of the molecule is Cc1c(/C=C2/SC(=S)N(Cc3ccco3)C2=O)c(N2CCCC(C)C2)n(C)c(=O)c1C#N. The van der Waals surface area contributed by atoms with Gasteiger partial charge in [0, 0.05) is 25.7 Å². The maximum Gasteiger partial charge on any atom is 0.270 e. The van der Waals surface area contributed by atoms with E-state index in [2.05, 4.69) is 11.8 Å². The van der Waals surface area contributed by atoms with Crippen LogP contribution >= 0.6 is 24.0 Å². The Hall–Kier alpha value is -2.83. The summed E-state index contributed by atoms with van der Waals surface area (Å²) in [5, 5.41) is 9.62. The van der Waals surface area contributed by atoms with E-state index in [4.69, 9.17) is 16.6 Å². The van der Waals surface area contributed by atoms with Crippen LogP contribution in [0.25, 0.3) is 6.08 Å². The molecule has 1 unspecified atom stereocenters. The van der Waals surface area contributed by atoms with Gasteiger partial charge in [-0.05, 0) is 49.5 Å². The number of aromatic nitrogens is 1. The van der Waals surface area contributed by atoms with Crippen molar-refractivity contribution in [2.75, 3.05) is 18.0 Å². The van der Waals surface area contributed by atoms with E-state index in [9.17, 15) is 14.9 Å². The molecular formula is C23H24N4O3S2. The van der Waals surface area contributed by atoms with Gasteiger partial charge >= 0.3 is 0 Å². The zero-order valence-electron chi connectivity index (χ0n) is 18.3. The predicted molar refractivity (Wildman–Crippen MR) is 129 cm³/mol. The average Bonchev–Trinajstić information content (AvgIpc) is 3.37. The minimum Gasteiger partial charge on any atom is -0.467 e. The van der Waals surface area contributed by atoms with Crippen LogP contribution in [0.2, 0.25) is 0 Å². The number of thioether (sulfide) groups is 1. The highest BCUT2D eigenvalue weighted by molar-refractivity contribution is 8.26. The van der Waals surface area contributed by atoms with E-state index >= 15 is 0 Å². The molecule has 0 aromatic carbocycles. The molecule has 0 saturated carbocycles. The number of carbonyl (C=O) groups excluding carboxylic acids is 1. The molecule has 1 amide bonds. The van der Waals surface area contributed by atoms with Crippen molar-refractivity contribution in [2.24, 2.45) is 13.0 Å². The molecule has 2 saturated heterocycles. The van der Waals surface area contributed by atoms with E-state index < -0.39 is 0 Å². The van der Waals surface area contributed by atoms with Gasteiger partial charge in [-0.2, -0.15) is 5.26 Å². The number of hydrogen-bond donors (Lipinski definition) is 0. The lowest BCUT2D eigenvalue weighted by Crippen LogP contribution is -2.39. The summed E-state index contributed by atoms with van der Waals surface area (Å²) in [4.78, 5) is 30.2. The van der Waals surface area contributed by atoms with E-state index in [-0.39, 0.29) is 23.6 Å². The van der Waals surface area contributed by atoms with Crippen molar-refractivity contribution >= 4 is 46.1 Å². The van der Waals surface area contributed by atoms with Crippen LogP contribution in [0.15, 0.2) is 32.5 Å². The van der Waals surface area contributed by atoms with Crippen LogP contribution in [-0.4, -0.2) is 32.8 Å². The molecule has 2 aromatic rings. The van der Waals surface area contributed by atoms with Crippen molar-refractivity contribution in [1.82, 2.24) is 9.47 Å². The van der Waals surface area contributed by atoms with Crippen LogP contribution in [0.3, 0.4) is 0 Å². The molecule has 32 heavy (non-hydrogen) atoms. The quantitative estimate of drug-likeness (QED) is 0.499. The van der Waals surface area contributed by atoms with Crippen LogP contribution in [0.4, 0.5) is 5.82 Å². The zero-order chi connectivity index (χ0) is 23.0. The van der Waals surface area contributed by atoms with Crippen molar-refractivity contribution in [3.63, 3.8) is 0 Å². The number of pyridine rings is 1. The fraction of sp³-hybridized carbons (Fsp3) is 0.391. The number of thiocarbonyl (C=S) groups is 1. The number of furan rings is 1. The Balaban J connectivity index is 1.80. The molecule has 2 aromatic heterocycles. The summed E-state index contributed by atoms with van der Waals surface area (Å²) < 4.78 is 7.36. The molecule has 166 valence electrons. The van der Waals surface area contributed by atoms with Crippen LogP contribution in [0, 0.1) is 24.2 Å². The Morgan fingerprint density at radius 2 is 2.19 bits per heavy atom. The summed E-state index contributed by atoms with van der Waals surface area (Å²) in [6, 6.07) is 5.62. The molecule has 0 spiro atoms. The third-order valence-electron chi connectivity index (χ3n) is 5.97. The van der Waals surface area contributed by atoms with Crippen LogP contribution < -0.4 is 10.5 Å². The standard InChI is InChI=1S/C23H24N4O3S2/c1-14-6-4-8-26(12-14)20-17(15(2)18(11-24)21(28)25(20)3)10-19-22(29)27(23(31)32-19)13-16-7-5-9-30-16/h5,7,9-10,14H,4,6,8,12-13H2,1-3H3/b19-10+. The summed E-state index contributed by atoms with van der Waals surface area (Å²) in [5.41, 5.74) is 1.08. The largest absolute Gasteiger partial charge is 0.467 e. The lowest BCUT2D eigenvalue weighted by Gasteiger charge is -2.35. The minimum atomic E-state index is -0.319. The van der Waals surface area contributed by atoms with E-state index in [1.807, 2.05) is 6.07 Å². The van der Waals surface area contributed by atoms with Gasteiger partial charge in [-0.1, -0.05) is 30.9 Å². The Morgan fingerprint density at radius 1 is 1.41 bits per heavy atom. The summed E-state index contributed by atoms with van der Waals surface area (Å²) >= 11 is 6.68. The van der Waals surface area contributed by atoms with Crippen molar-refractivity contribution < 1.29 is 9.21 Å². The van der Waals surface area contributed by atoms with Crippen molar-refractivity contribution in [2.45, 2.75) is 33.2 Å². The number of anilines is 1. The van der Waals surface area contributed by atoms with Crippen molar-refractivity contribution in [3.8, 4) is 6.07 Å². The van der Waals surface area contributed by atoms with E-state index in [1.54, 1.807) is 43.0 Å². The first-order valence-corrected chi connectivity index (χ1v) is 11.7. The summed E-state index contributed by atoms with van der Waals surface area (Å²) in [6.45, 7) is 5.87.